The van der Waals surface area contributed by atoms with E-state index in [9.17, 15) is 4.79 Å². The summed E-state index contributed by atoms with van der Waals surface area (Å²) in [6, 6.07) is 3.80. The maximum absolute atomic E-state index is 12.6. The van der Waals surface area contributed by atoms with Crippen molar-refractivity contribution in [2.24, 2.45) is 5.92 Å². The van der Waals surface area contributed by atoms with Crippen LogP contribution in [0.3, 0.4) is 0 Å². The number of ether oxygens (including phenoxy) is 1. The Balaban J connectivity index is 1.48. The van der Waals surface area contributed by atoms with Crippen LogP contribution in [0.2, 0.25) is 0 Å². The molecule has 1 fully saturated rings. The highest BCUT2D eigenvalue weighted by Crippen LogP contribution is 2.29. The van der Waals surface area contributed by atoms with Gasteiger partial charge in [0.25, 0.3) is 5.91 Å². The summed E-state index contributed by atoms with van der Waals surface area (Å²) >= 11 is 1.49. The first kappa shape index (κ1) is 14.8. The van der Waals surface area contributed by atoms with E-state index in [-0.39, 0.29) is 5.91 Å². The van der Waals surface area contributed by atoms with Gasteiger partial charge in [-0.15, -0.1) is 16.4 Å². The summed E-state index contributed by atoms with van der Waals surface area (Å²) in [4.78, 5) is 15.3. The largest absolute Gasteiger partial charge is 0.375 e. The van der Waals surface area contributed by atoms with Crippen LogP contribution < -0.4 is 0 Å². The van der Waals surface area contributed by atoms with E-state index < -0.39 is 0 Å². The molecule has 0 bridgehead atoms. The molecular formula is C16H20N4O2S. The number of carbonyl (C=O) groups excluding carboxylic acids is 1. The van der Waals surface area contributed by atoms with Crippen molar-refractivity contribution < 1.29 is 9.53 Å². The third-order valence-electron chi connectivity index (χ3n) is 4.37. The number of aryl methyl sites for hydroxylation is 1. The zero-order valence-electron chi connectivity index (χ0n) is 13.0. The fraction of sp³-hybridized carbons (Fsp3) is 0.562. The van der Waals surface area contributed by atoms with E-state index in [1.54, 1.807) is 0 Å². The predicted octanol–water partition coefficient (Wildman–Crippen LogP) is 2.31. The SMILES string of the molecule is O=C(c1cccs1)N1CCCn2nnc(COCC3CC3)c2C1. The topological polar surface area (TPSA) is 60.2 Å². The van der Waals surface area contributed by atoms with Crippen LogP contribution in [0.25, 0.3) is 0 Å². The van der Waals surface area contributed by atoms with Gasteiger partial charge in [0, 0.05) is 19.7 Å². The number of hydrogen-bond acceptors (Lipinski definition) is 5. The molecule has 0 spiro atoms. The van der Waals surface area contributed by atoms with E-state index in [4.69, 9.17) is 4.74 Å². The molecule has 7 heteroatoms. The predicted molar refractivity (Wildman–Crippen MR) is 86.1 cm³/mol. The van der Waals surface area contributed by atoms with Crippen molar-refractivity contribution in [1.29, 1.82) is 0 Å². The number of nitrogens with zero attached hydrogens (tertiary/aromatic N) is 4. The average molecular weight is 332 g/mol. The third kappa shape index (κ3) is 3.30. The first-order valence-corrected chi connectivity index (χ1v) is 9.01. The highest BCUT2D eigenvalue weighted by atomic mass is 32.1. The molecule has 2 aromatic heterocycles. The average Bonchev–Trinajstić information content (AvgIpc) is 3.14. The Bertz CT molecular complexity index is 678. The van der Waals surface area contributed by atoms with E-state index >= 15 is 0 Å². The monoisotopic (exact) mass is 332 g/mol. The van der Waals surface area contributed by atoms with Crippen LogP contribution in [0, 0.1) is 5.92 Å². The minimum atomic E-state index is 0.0968. The van der Waals surface area contributed by atoms with E-state index in [0.717, 1.165) is 48.3 Å². The Morgan fingerprint density at radius 2 is 2.30 bits per heavy atom. The van der Waals surface area contributed by atoms with Crippen LogP contribution in [0.4, 0.5) is 0 Å². The fourth-order valence-electron chi connectivity index (χ4n) is 2.84. The van der Waals surface area contributed by atoms with Gasteiger partial charge < -0.3 is 9.64 Å². The second-order valence-electron chi connectivity index (χ2n) is 6.22. The van der Waals surface area contributed by atoms with E-state index in [1.807, 2.05) is 27.1 Å². The lowest BCUT2D eigenvalue weighted by molar-refractivity contribution is 0.0746. The zero-order chi connectivity index (χ0) is 15.6. The Labute approximate surface area is 139 Å². The molecule has 122 valence electrons. The minimum absolute atomic E-state index is 0.0968. The summed E-state index contributed by atoms with van der Waals surface area (Å²) in [6.07, 6.45) is 3.46. The molecule has 0 radical (unpaired) electrons. The maximum atomic E-state index is 12.6. The summed E-state index contributed by atoms with van der Waals surface area (Å²) in [5, 5.41) is 10.4. The van der Waals surface area contributed by atoms with Crippen molar-refractivity contribution in [1.82, 2.24) is 19.9 Å². The van der Waals surface area contributed by atoms with Crippen molar-refractivity contribution in [3.63, 3.8) is 0 Å². The minimum Gasteiger partial charge on any atom is -0.375 e. The van der Waals surface area contributed by atoms with Gasteiger partial charge in [-0.3, -0.25) is 4.79 Å². The Hall–Kier alpha value is -1.73. The van der Waals surface area contributed by atoms with Gasteiger partial charge in [0.1, 0.15) is 5.69 Å². The van der Waals surface area contributed by atoms with Crippen LogP contribution in [0.5, 0.6) is 0 Å². The van der Waals surface area contributed by atoms with Crippen molar-refractivity contribution in [2.75, 3.05) is 13.2 Å². The van der Waals surface area contributed by atoms with Crippen LogP contribution >= 0.6 is 11.3 Å². The Morgan fingerprint density at radius 1 is 1.39 bits per heavy atom. The van der Waals surface area contributed by atoms with Crippen molar-refractivity contribution in [3.05, 3.63) is 33.8 Å². The summed E-state index contributed by atoms with van der Waals surface area (Å²) in [7, 11) is 0. The van der Waals surface area contributed by atoms with Crippen LogP contribution in [0.15, 0.2) is 17.5 Å². The highest BCUT2D eigenvalue weighted by molar-refractivity contribution is 7.12. The van der Waals surface area contributed by atoms with Crippen LogP contribution in [-0.2, 0) is 24.4 Å². The van der Waals surface area contributed by atoms with Gasteiger partial charge >= 0.3 is 0 Å². The number of fused-ring (bicyclic) bond motifs is 1. The number of carbonyl (C=O) groups is 1. The summed E-state index contributed by atoms with van der Waals surface area (Å²) in [5.41, 5.74) is 1.89. The van der Waals surface area contributed by atoms with E-state index in [1.165, 1.54) is 24.2 Å². The molecular weight excluding hydrogens is 312 g/mol. The van der Waals surface area contributed by atoms with Crippen LogP contribution in [-0.4, -0.2) is 39.0 Å². The molecule has 4 rings (SSSR count). The summed E-state index contributed by atoms with van der Waals surface area (Å²) in [5.74, 6) is 0.834. The number of thiophene rings is 1. The quantitative estimate of drug-likeness (QED) is 0.843. The molecule has 0 atom stereocenters. The molecule has 2 aliphatic rings. The highest BCUT2D eigenvalue weighted by Gasteiger charge is 2.25. The van der Waals surface area contributed by atoms with Crippen molar-refractivity contribution >= 4 is 17.2 Å². The van der Waals surface area contributed by atoms with Gasteiger partial charge in [0.15, 0.2) is 0 Å². The van der Waals surface area contributed by atoms with Gasteiger partial charge in [-0.05, 0) is 36.6 Å². The van der Waals surface area contributed by atoms with E-state index in [0.29, 0.717) is 13.2 Å². The van der Waals surface area contributed by atoms with Crippen LogP contribution in [0.1, 0.15) is 40.3 Å². The molecule has 2 aromatic rings. The molecule has 1 amide bonds. The Morgan fingerprint density at radius 3 is 3.09 bits per heavy atom. The lowest BCUT2D eigenvalue weighted by Crippen LogP contribution is -2.30. The smallest absolute Gasteiger partial charge is 0.264 e. The van der Waals surface area contributed by atoms with Gasteiger partial charge in [-0.2, -0.15) is 0 Å². The standard InChI is InChI=1S/C16H20N4O2S/c21-16(15-3-1-8-23-15)19-6-2-7-20-14(9-19)13(17-18-20)11-22-10-12-4-5-12/h1,3,8,12H,2,4-7,9-11H2. The van der Waals surface area contributed by atoms with Gasteiger partial charge in [-0.1, -0.05) is 11.3 Å². The van der Waals surface area contributed by atoms with Crippen molar-refractivity contribution in [2.45, 2.75) is 39.0 Å². The molecule has 0 aromatic carbocycles. The zero-order valence-corrected chi connectivity index (χ0v) is 13.8. The normalized spacial score (nSPS) is 17.8. The number of hydrogen-bond donors (Lipinski definition) is 0. The van der Waals surface area contributed by atoms with E-state index in [2.05, 4.69) is 10.3 Å². The molecule has 1 saturated carbocycles. The van der Waals surface area contributed by atoms with Gasteiger partial charge in [-0.25, -0.2) is 4.68 Å². The number of rotatable bonds is 5. The maximum Gasteiger partial charge on any atom is 0.264 e. The fourth-order valence-corrected chi connectivity index (χ4v) is 3.53. The van der Waals surface area contributed by atoms with Gasteiger partial charge in [0.05, 0.1) is 23.7 Å². The molecule has 1 aliphatic carbocycles. The molecule has 3 heterocycles. The molecule has 23 heavy (non-hydrogen) atoms. The molecule has 0 unspecified atom stereocenters. The summed E-state index contributed by atoms with van der Waals surface area (Å²) in [6.45, 7) is 3.42. The van der Waals surface area contributed by atoms with Gasteiger partial charge in [0.2, 0.25) is 0 Å². The number of aromatic nitrogens is 3. The molecule has 0 saturated heterocycles. The molecule has 0 N–H and O–H groups in total. The first-order valence-electron chi connectivity index (χ1n) is 8.13. The second kappa shape index (κ2) is 6.41. The lowest BCUT2D eigenvalue weighted by atomic mass is 10.3. The first-order chi connectivity index (χ1) is 11.3. The second-order valence-corrected chi connectivity index (χ2v) is 7.17. The molecule has 6 nitrogen and oxygen atoms in total. The Kier molecular flexibility index (Phi) is 4.13. The van der Waals surface area contributed by atoms with Crippen molar-refractivity contribution in [3.8, 4) is 0 Å². The molecule has 1 aliphatic heterocycles. The third-order valence-corrected chi connectivity index (χ3v) is 5.22. The number of amides is 1. The summed E-state index contributed by atoms with van der Waals surface area (Å²) < 4.78 is 7.69. The lowest BCUT2D eigenvalue weighted by Gasteiger charge is -2.19.